The molecule has 0 radical (unpaired) electrons. The van der Waals surface area contributed by atoms with E-state index in [-0.39, 0.29) is 0 Å². The number of nitrogens with one attached hydrogen (secondary N) is 1. The van der Waals surface area contributed by atoms with Crippen molar-refractivity contribution in [3.63, 3.8) is 0 Å². The van der Waals surface area contributed by atoms with Crippen LogP contribution in [0.3, 0.4) is 0 Å². The van der Waals surface area contributed by atoms with Gasteiger partial charge in [0.1, 0.15) is 12.4 Å². The average Bonchev–Trinajstić information content (AvgIpc) is 2.49. The smallest absolute Gasteiger partial charge is 0.124 e. The maximum absolute atomic E-state index is 5.99. The molecule has 0 aromatic heterocycles. The highest BCUT2D eigenvalue weighted by Crippen LogP contribution is 2.24. The summed E-state index contributed by atoms with van der Waals surface area (Å²) >= 11 is 0. The topological polar surface area (TPSA) is 27.7 Å². The first-order valence-corrected chi connectivity index (χ1v) is 7.50. The van der Waals surface area contributed by atoms with E-state index >= 15 is 0 Å². The van der Waals surface area contributed by atoms with Gasteiger partial charge in [0.25, 0.3) is 0 Å². The monoisotopic (exact) mass is 277 g/mol. The number of benzene rings is 1. The molecule has 1 fully saturated rings. The molecule has 1 aromatic carbocycles. The van der Waals surface area contributed by atoms with Gasteiger partial charge in [0.05, 0.1) is 0 Å². The van der Waals surface area contributed by atoms with Crippen LogP contribution in [0, 0.1) is 0 Å². The molecule has 0 saturated carbocycles. The Morgan fingerprint density at radius 1 is 1.20 bits per heavy atom. The third kappa shape index (κ3) is 4.20. The van der Waals surface area contributed by atoms with Gasteiger partial charge in [-0.15, -0.1) is 0 Å². The molecule has 1 saturated heterocycles. The number of piperazine rings is 1. The van der Waals surface area contributed by atoms with E-state index in [4.69, 9.17) is 4.74 Å². The summed E-state index contributed by atoms with van der Waals surface area (Å²) in [7, 11) is 4.16. The van der Waals surface area contributed by atoms with E-state index in [2.05, 4.69) is 47.3 Å². The number of hydrogen-bond donors (Lipinski definition) is 1. The molecule has 1 aliphatic heterocycles. The number of ether oxygens (including phenoxy) is 1. The zero-order chi connectivity index (χ0) is 14.4. The molecular weight excluding hydrogens is 250 g/mol. The van der Waals surface area contributed by atoms with Crippen LogP contribution in [0.2, 0.25) is 0 Å². The largest absolute Gasteiger partial charge is 0.492 e. The molecule has 2 rings (SSSR count). The van der Waals surface area contributed by atoms with Crippen molar-refractivity contribution in [2.75, 3.05) is 53.4 Å². The number of hydrogen-bond acceptors (Lipinski definition) is 4. The van der Waals surface area contributed by atoms with Crippen LogP contribution in [0.25, 0.3) is 0 Å². The van der Waals surface area contributed by atoms with Gasteiger partial charge in [0.2, 0.25) is 0 Å². The summed E-state index contributed by atoms with van der Waals surface area (Å²) < 4.78 is 5.99. The maximum atomic E-state index is 5.99. The minimum atomic E-state index is 0.315. The lowest BCUT2D eigenvalue weighted by Crippen LogP contribution is -2.45. The van der Waals surface area contributed by atoms with Gasteiger partial charge in [0, 0.05) is 44.3 Å². The third-order valence-corrected chi connectivity index (χ3v) is 4.08. The molecule has 0 amide bonds. The highest BCUT2D eigenvalue weighted by Gasteiger charge is 2.14. The molecule has 1 unspecified atom stereocenters. The molecule has 1 N–H and O–H groups in total. The van der Waals surface area contributed by atoms with Gasteiger partial charge in [-0.25, -0.2) is 0 Å². The highest BCUT2D eigenvalue weighted by atomic mass is 16.5. The minimum absolute atomic E-state index is 0.315. The van der Waals surface area contributed by atoms with Crippen molar-refractivity contribution in [2.24, 2.45) is 0 Å². The summed E-state index contributed by atoms with van der Waals surface area (Å²) in [5.41, 5.74) is 1.23. The first-order chi connectivity index (χ1) is 9.70. The molecule has 0 bridgehead atoms. The quantitative estimate of drug-likeness (QED) is 0.855. The number of rotatable bonds is 6. The van der Waals surface area contributed by atoms with E-state index in [1.807, 2.05) is 13.1 Å². The second kappa shape index (κ2) is 7.62. The van der Waals surface area contributed by atoms with Crippen molar-refractivity contribution in [1.82, 2.24) is 15.1 Å². The van der Waals surface area contributed by atoms with E-state index in [1.165, 1.54) is 5.56 Å². The van der Waals surface area contributed by atoms with Gasteiger partial charge >= 0.3 is 0 Å². The van der Waals surface area contributed by atoms with E-state index in [0.29, 0.717) is 6.04 Å². The molecule has 1 aromatic rings. The average molecular weight is 277 g/mol. The van der Waals surface area contributed by atoms with E-state index < -0.39 is 0 Å². The lowest BCUT2D eigenvalue weighted by atomic mass is 10.1. The number of likely N-dealkylation sites (N-methyl/N-ethyl adjacent to an activating group) is 1. The standard InChI is InChI=1S/C16H27N3O/c1-14(17-2)15-6-4-5-7-16(15)20-13-12-19-10-8-18(3)9-11-19/h4-7,14,17H,8-13H2,1-3H3. The lowest BCUT2D eigenvalue weighted by molar-refractivity contribution is 0.133. The van der Waals surface area contributed by atoms with Gasteiger partial charge < -0.3 is 15.0 Å². The Morgan fingerprint density at radius 3 is 2.60 bits per heavy atom. The molecule has 112 valence electrons. The maximum Gasteiger partial charge on any atom is 0.124 e. The van der Waals surface area contributed by atoms with Gasteiger partial charge in [-0.1, -0.05) is 18.2 Å². The summed E-state index contributed by atoms with van der Waals surface area (Å²) in [4.78, 5) is 4.85. The Morgan fingerprint density at radius 2 is 1.90 bits per heavy atom. The zero-order valence-electron chi connectivity index (χ0n) is 12.9. The molecule has 1 aliphatic rings. The fourth-order valence-corrected chi connectivity index (χ4v) is 2.48. The van der Waals surface area contributed by atoms with Crippen LogP contribution in [-0.2, 0) is 0 Å². The predicted molar refractivity (Wildman–Crippen MR) is 83.3 cm³/mol. The zero-order valence-corrected chi connectivity index (χ0v) is 12.9. The van der Waals surface area contributed by atoms with Crippen LogP contribution in [-0.4, -0.2) is 63.2 Å². The number of para-hydroxylation sites is 1. The summed E-state index contributed by atoms with van der Waals surface area (Å²) in [5, 5.41) is 3.27. The van der Waals surface area contributed by atoms with Gasteiger partial charge in [-0.05, 0) is 27.1 Å². The summed E-state index contributed by atoms with van der Waals surface area (Å²) in [6, 6.07) is 8.61. The fourth-order valence-electron chi connectivity index (χ4n) is 2.48. The summed E-state index contributed by atoms with van der Waals surface area (Å²) in [5.74, 6) is 1.00. The van der Waals surface area contributed by atoms with Gasteiger partial charge in [-0.2, -0.15) is 0 Å². The van der Waals surface area contributed by atoms with Crippen molar-refractivity contribution in [3.8, 4) is 5.75 Å². The molecule has 20 heavy (non-hydrogen) atoms. The Kier molecular flexibility index (Phi) is 5.83. The predicted octanol–water partition coefficient (Wildman–Crippen LogP) is 1.59. The molecule has 0 spiro atoms. The molecule has 1 heterocycles. The Balaban J connectivity index is 1.82. The van der Waals surface area contributed by atoms with Crippen molar-refractivity contribution >= 4 is 0 Å². The normalized spacial score (nSPS) is 18.9. The summed E-state index contributed by atoms with van der Waals surface area (Å²) in [6.45, 7) is 8.54. The van der Waals surface area contributed by atoms with Crippen LogP contribution < -0.4 is 10.1 Å². The number of nitrogens with zero attached hydrogens (tertiary/aromatic N) is 2. The van der Waals surface area contributed by atoms with Crippen molar-refractivity contribution in [1.29, 1.82) is 0 Å². The van der Waals surface area contributed by atoms with Crippen LogP contribution in [0.4, 0.5) is 0 Å². The minimum Gasteiger partial charge on any atom is -0.492 e. The van der Waals surface area contributed by atoms with Gasteiger partial charge in [0.15, 0.2) is 0 Å². The van der Waals surface area contributed by atoms with Gasteiger partial charge in [-0.3, -0.25) is 4.90 Å². The fraction of sp³-hybridized carbons (Fsp3) is 0.625. The van der Waals surface area contributed by atoms with Crippen LogP contribution >= 0.6 is 0 Å². The summed E-state index contributed by atoms with van der Waals surface area (Å²) in [6.07, 6.45) is 0. The third-order valence-electron chi connectivity index (χ3n) is 4.08. The van der Waals surface area contributed by atoms with E-state index in [1.54, 1.807) is 0 Å². The van der Waals surface area contributed by atoms with Crippen molar-refractivity contribution < 1.29 is 4.74 Å². The van der Waals surface area contributed by atoms with E-state index in [9.17, 15) is 0 Å². The second-order valence-electron chi connectivity index (χ2n) is 5.54. The lowest BCUT2D eigenvalue weighted by Gasteiger charge is -2.32. The Bertz CT molecular complexity index is 402. The molecule has 4 nitrogen and oxygen atoms in total. The second-order valence-corrected chi connectivity index (χ2v) is 5.54. The van der Waals surface area contributed by atoms with E-state index in [0.717, 1.165) is 45.1 Å². The molecular formula is C16H27N3O. The molecule has 4 heteroatoms. The van der Waals surface area contributed by atoms with Crippen molar-refractivity contribution in [3.05, 3.63) is 29.8 Å². The van der Waals surface area contributed by atoms with Crippen LogP contribution in [0.1, 0.15) is 18.5 Å². The SMILES string of the molecule is CNC(C)c1ccccc1OCCN1CCN(C)CC1. The Labute approximate surface area is 122 Å². The molecule has 0 aliphatic carbocycles. The first-order valence-electron chi connectivity index (χ1n) is 7.50. The van der Waals surface area contributed by atoms with Crippen LogP contribution in [0.15, 0.2) is 24.3 Å². The molecule has 1 atom stereocenters. The first kappa shape index (κ1) is 15.3. The Hall–Kier alpha value is -1.10. The van der Waals surface area contributed by atoms with Crippen molar-refractivity contribution in [2.45, 2.75) is 13.0 Å². The van der Waals surface area contributed by atoms with Crippen LogP contribution in [0.5, 0.6) is 5.75 Å². The highest BCUT2D eigenvalue weighted by molar-refractivity contribution is 5.35.